The minimum atomic E-state index is -0.492. The van der Waals surface area contributed by atoms with Crippen LogP contribution in [0.4, 0.5) is 22.7 Å². The van der Waals surface area contributed by atoms with Crippen LogP contribution in [-0.4, -0.2) is 9.36 Å². The molecule has 19 heteroatoms. The number of azo groups is 2. The van der Waals surface area contributed by atoms with E-state index in [0.29, 0.717) is 52.9 Å². The van der Waals surface area contributed by atoms with Gasteiger partial charge >= 0.3 is 17.1 Å². The second kappa shape index (κ2) is 17.0. The molecule has 0 saturated carbocycles. The molecule has 0 aliphatic carbocycles. The summed E-state index contributed by atoms with van der Waals surface area (Å²) in [5, 5.41) is 49.2. The molecule has 0 N–H and O–H groups in total. The second-order valence-electron chi connectivity index (χ2n) is 10.1. The van der Waals surface area contributed by atoms with Crippen molar-refractivity contribution < 1.29 is 27.3 Å². The van der Waals surface area contributed by atoms with Crippen LogP contribution >= 0.6 is 69.6 Å². The Bertz CT molecular complexity index is 2260. The van der Waals surface area contributed by atoms with Crippen molar-refractivity contribution in [3.05, 3.63) is 135 Å². The van der Waals surface area contributed by atoms with Gasteiger partial charge in [0.15, 0.2) is 0 Å². The summed E-state index contributed by atoms with van der Waals surface area (Å²) in [4.78, 5) is 25.1. The SMILES string of the molecule is Cc1[n-]n(-c2ccc(Cl)c(Cl)c2)c(=O)c1N=Nc1cc(Cl)ccc1[O-].Cc1[n-]n(-c2ccc(Cl)c(Cl)c2)c(=O)c1N=Nc1cc(Cl)ccc1[O-].[Fe+3]. The van der Waals surface area contributed by atoms with Crippen molar-refractivity contribution in [3.8, 4) is 22.9 Å². The van der Waals surface area contributed by atoms with Crippen molar-refractivity contribution in [2.75, 3.05) is 0 Å². The van der Waals surface area contributed by atoms with Crippen molar-refractivity contribution in [3.63, 3.8) is 0 Å². The molecule has 6 aromatic rings. The van der Waals surface area contributed by atoms with Crippen LogP contribution in [0.3, 0.4) is 0 Å². The molecule has 1 radical (unpaired) electrons. The van der Waals surface area contributed by atoms with Crippen molar-refractivity contribution in [1.29, 1.82) is 0 Å². The summed E-state index contributed by atoms with van der Waals surface area (Å²) in [6.07, 6.45) is 0. The van der Waals surface area contributed by atoms with Gasteiger partial charge in [0.1, 0.15) is 11.4 Å². The van der Waals surface area contributed by atoms with Crippen LogP contribution < -0.4 is 31.5 Å². The summed E-state index contributed by atoms with van der Waals surface area (Å²) in [5.41, 5.74) is 0.720. The predicted molar refractivity (Wildman–Crippen MR) is 190 cm³/mol. The maximum absolute atomic E-state index is 12.5. The molecule has 0 aliphatic heterocycles. The van der Waals surface area contributed by atoms with E-state index in [4.69, 9.17) is 69.6 Å². The van der Waals surface area contributed by atoms with E-state index in [2.05, 4.69) is 30.7 Å². The molecule has 0 amide bonds. The Morgan fingerprint density at radius 2 is 0.902 bits per heavy atom. The monoisotopic (exact) mass is 844 g/mol. The normalized spacial score (nSPS) is 11.1. The topological polar surface area (TPSA) is 168 Å². The first-order valence-corrected chi connectivity index (χ1v) is 16.2. The molecule has 0 spiro atoms. The number of rotatable bonds is 6. The summed E-state index contributed by atoms with van der Waals surface area (Å²) < 4.78 is 2.28. The molecule has 0 aliphatic rings. The summed E-state index contributed by atoms with van der Waals surface area (Å²) in [5.74, 6) is -0.703. The van der Waals surface area contributed by atoms with Gasteiger partial charge in [-0.25, -0.2) is 0 Å². The van der Waals surface area contributed by atoms with Crippen LogP contribution in [0.25, 0.3) is 11.4 Å². The average Bonchev–Trinajstić information content (AvgIpc) is 3.53. The minimum absolute atomic E-state index is 0. The van der Waals surface area contributed by atoms with Crippen LogP contribution in [-0.2, 0) is 17.1 Å². The molecule has 12 nitrogen and oxygen atoms in total. The van der Waals surface area contributed by atoms with Gasteiger partial charge in [0.25, 0.3) is 11.1 Å². The Labute approximate surface area is 329 Å². The first-order valence-electron chi connectivity index (χ1n) is 13.9. The molecule has 51 heavy (non-hydrogen) atoms. The zero-order chi connectivity index (χ0) is 36.3. The van der Waals surface area contributed by atoms with Gasteiger partial charge in [-0.1, -0.05) is 107 Å². The maximum atomic E-state index is 12.5. The number of hydrogen-bond acceptors (Lipinski definition) is 8. The molecule has 6 rings (SSSR count). The van der Waals surface area contributed by atoms with E-state index in [1.165, 1.54) is 48.5 Å². The minimum Gasteiger partial charge on any atom is -0.871 e. The van der Waals surface area contributed by atoms with Crippen LogP contribution in [0, 0.1) is 13.8 Å². The number of halogens is 6. The van der Waals surface area contributed by atoms with Crippen LogP contribution in [0.2, 0.25) is 30.1 Å². The molecule has 261 valence electrons. The van der Waals surface area contributed by atoms with Crippen LogP contribution in [0.1, 0.15) is 11.4 Å². The fraction of sp³-hybridized carbons (Fsp3) is 0.0625. The Kier molecular flexibility index (Phi) is 13.2. The molecule has 4 aromatic carbocycles. The first kappa shape index (κ1) is 39.7. The molecular weight excluding hydrogens is 829 g/mol. The molecular formula is C32H18Cl6FeN8O4-. The molecule has 2 heterocycles. The maximum Gasteiger partial charge on any atom is 3.00 e. The molecule has 0 bridgehead atoms. The van der Waals surface area contributed by atoms with E-state index in [1.54, 1.807) is 38.1 Å². The van der Waals surface area contributed by atoms with Gasteiger partial charge in [-0.05, 0) is 60.7 Å². The summed E-state index contributed by atoms with van der Waals surface area (Å²) in [6.45, 7) is 3.22. The van der Waals surface area contributed by atoms with Gasteiger partial charge in [0.2, 0.25) is 0 Å². The Balaban J connectivity index is 0.000000224. The van der Waals surface area contributed by atoms with Gasteiger partial charge in [-0.2, -0.15) is 10.2 Å². The van der Waals surface area contributed by atoms with Crippen molar-refractivity contribution in [2.24, 2.45) is 20.5 Å². The number of hydrogen-bond donors (Lipinski definition) is 0. The van der Waals surface area contributed by atoms with Gasteiger partial charge in [-0.3, -0.25) is 9.59 Å². The number of aromatic nitrogens is 4. The van der Waals surface area contributed by atoms with Crippen molar-refractivity contribution in [2.45, 2.75) is 13.8 Å². The van der Waals surface area contributed by atoms with E-state index in [-0.39, 0.29) is 51.3 Å². The number of benzene rings is 4. The van der Waals surface area contributed by atoms with Gasteiger partial charge in [0.05, 0.1) is 31.5 Å². The second-order valence-corrected chi connectivity index (χ2v) is 12.6. The van der Waals surface area contributed by atoms with Gasteiger partial charge in [0, 0.05) is 21.4 Å². The largest absolute Gasteiger partial charge is 3.00 e. The van der Waals surface area contributed by atoms with E-state index >= 15 is 0 Å². The Hall–Kier alpha value is -4.04. The smallest absolute Gasteiger partial charge is 0.871 e. The third-order valence-electron chi connectivity index (χ3n) is 6.63. The van der Waals surface area contributed by atoms with E-state index < -0.39 is 11.1 Å². The standard InChI is InChI=1S/2C16H11Cl3N4O2.Fe/c2*1-8-15(21-20-13-6-9(17)2-5-14(13)24)16(25)23(22-8)10-3-4-11(18)12(19)7-10;/h2*2-7H,1H3,(H2,20,21,22,24,25);/q;;+3/p-4. The van der Waals surface area contributed by atoms with Gasteiger partial charge < -0.3 is 29.8 Å². The Morgan fingerprint density at radius 3 is 1.25 bits per heavy atom. The quantitative estimate of drug-likeness (QED) is 0.120. The number of aryl methyl sites for hydroxylation is 2. The van der Waals surface area contributed by atoms with Gasteiger partial charge in [-0.15, -0.1) is 21.6 Å². The zero-order valence-corrected chi connectivity index (χ0v) is 31.4. The van der Waals surface area contributed by atoms with E-state index in [1.807, 2.05) is 0 Å². The van der Waals surface area contributed by atoms with Crippen molar-refractivity contribution >= 4 is 92.4 Å². The molecule has 2 aromatic heterocycles. The summed E-state index contributed by atoms with van der Waals surface area (Å²) >= 11 is 35.4. The molecule has 0 saturated heterocycles. The average molecular weight is 847 g/mol. The van der Waals surface area contributed by atoms with Crippen LogP contribution in [0.15, 0.2) is 103 Å². The first-order chi connectivity index (χ1) is 23.7. The summed E-state index contributed by atoms with van der Waals surface area (Å²) in [7, 11) is 0. The summed E-state index contributed by atoms with van der Waals surface area (Å²) in [6, 6.07) is 17.6. The fourth-order valence-electron chi connectivity index (χ4n) is 4.15. The van der Waals surface area contributed by atoms with E-state index in [9.17, 15) is 19.8 Å². The Morgan fingerprint density at radius 1 is 0.529 bits per heavy atom. The third-order valence-corrected chi connectivity index (χ3v) is 8.58. The molecule has 0 fully saturated rings. The van der Waals surface area contributed by atoms with Crippen molar-refractivity contribution in [1.82, 2.24) is 19.6 Å². The fourth-order valence-corrected chi connectivity index (χ4v) is 5.07. The molecule has 0 atom stereocenters. The molecule has 0 unspecified atom stereocenters. The van der Waals surface area contributed by atoms with Crippen LogP contribution in [0.5, 0.6) is 11.5 Å². The van der Waals surface area contributed by atoms with E-state index in [0.717, 1.165) is 9.36 Å². The third kappa shape index (κ3) is 9.26. The predicted octanol–water partition coefficient (Wildman–Crippen LogP) is 9.10. The number of nitrogens with zero attached hydrogens (tertiary/aromatic N) is 8. The zero-order valence-electron chi connectivity index (χ0n) is 25.8.